The molecule has 0 spiro atoms. The molecule has 1 aliphatic carbocycles. The number of carbonyl (C=O) groups is 2. The number of hydrogen-bond acceptors (Lipinski definition) is 2. The molecule has 2 aliphatic rings. The minimum Gasteiger partial charge on any atom is -0.351 e. The molecular weight excluding hydrogens is 326 g/mol. The van der Waals surface area contributed by atoms with Crippen LogP contribution in [0, 0.1) is 11.8 Å². The number of likely N-dealkylation sites (tertiary alicyclic amines) is 1. The van der Waals surface area contributed by atoms with E-state index in [0.29, 0.717) is 36.9 Å². The summed E-state index contributed by atoms with van der Waals surface area (Å²) in [7, 11) is 0. The fraction of sp³-hybridized carbons (Fsp3) is 0.556. The molecule has 1 aromatic carbocycles. The summed E-state index contributed by atoms with van der Waals surface area (Å²) < 4.78 is 0. The summed E-state index contributed by atoms with van der Waals surface area (Å²) in [6, 6.07) is 7.41. The molecule has 3 N–H and O–H groups in total. The van der Waals surface area contributed by atoms with Gasteiger partial charge in [0, 0.05) is 24.0 Å². The number of amides is 3. The van der Waals surface area contributed by atoms with Crippen molar-refractivity contribution in [2.75, 3.05) is 13.1 Å². The van der Waals surface area contributed by atoms with Gasteiger partial charge in [-0.1, -0.05) is 30.2 Å². The molecule has 6 heteroatoms. The number of benzene rings is 1. The highest BCUT2D eigenvalue weighted by Crippen LogP contribution is 2.38. The van der Waals surface area contributed by atoms with Crippen molar-refractivity contribution in [1.29, 1.82) is 0 Å². The first-order chi connectivity index (χ1) is 11.5. The van der Waals surface area contributed by atoms with Crippen molar-refractivity contribution in [3.05, 3.63) is 34.9 Å². The monoisotopic (exact) mass is 349 g/mol. The second-order valence-electron chi connectivity index (χ2n) is 6.83. The predicted molar refractivity (Wildman–Crippen MR) is 93.6 cm³/mol. The number of hydrogen-bond donors (Lipinski definition) is 2. The number of primary amides is 1. The van der Waals surface area contributed by atoms with Crippen LogP contribution in [0.4, 0.5) is 4.79 Å². The Kier molecular flexibility index (Phi) is 5.29. The van der Waals surface area contributed by atoms with Gasteiger partial charge >= 0.3 is 6.03 Å². The van der Waals surface area contributed by atoms with Gasteiger partial charge < -0.3 is 16.0 Å². The van der Waals surface area contributed by atoms with Gasteiger partial charge in [0.05, 0.1) is 6.04 Å². The summed E-state index contributed by atoms with van der Waals surface area (Å²) in [5, 5.41) is 3.96. The van der Waals surface area contributed by atoms with Crippen molar-refractivity contribution in [3.8, 4) is 0 Å². The maximum atomic E-state index is 12.7. The second kappa shape index (κ2) is 7.43. The molecule has 1 aromatic rings. The summed E-state index contributed by atoms with van der Waals surface area (Å²) in [5.74, 6) is 0.544. The largest absolute Gasteiger partial charge is 0.351 e. The SMILES string of the molecule is NC(=O)N1CCC(C(=O)N[C@H](c2ccc(Cl)cc2)C2CCC2)CC1. The van der Waals surface area contributed by atoms with E-state index < -0.39 is 6.03 Å². The van der Waals surface area contributed by atoms with Gasteiger partial charge in [0.15, 0.2) is 0 Å². The van der Waals surface area contributed by atoms with Crippen LogP contribution in [0.5, 0.6) is 0 Å². The molecule has 2 fully saturated rings. The maximum absolute atomic E-state index is 12.7. The van der Waals surface area contributed by atoms with Gasteiger partial charge in [0.25, 0.3) is 0 Å². The molecule has 24 heavy (non-hydrogen) atoms. The Morgan fingerprint density at radius 2 is 1.75 bits per heavy atom. The van der Waals surface area contributed by atoms with Crippen LogP contribution >= 0.6 is 11.6 Å². The van der Waals surface area contributed by atoms with Crippen molar-refractivity contribution in [1.82, 2.24) is 10.2 Å². The van der Waals surface area contributed by atoms with Crippen LogP contribution < -0.4 is 11.1 Å². The van der Waals surface area contributed by atoms with E-state index in [0.717, 1.165) is 18.4 Å². The fourth-order valence-electron chi connectivity index (χ4n) is 3.55. The summed E-state index contributed by atoms with van der Waals surface area (Å²) in [6.45, 7) is 1.12. The Bertz CT molecular complexity index is 593. The Hall–Kier alpha value is -1.75. The Labute approximate surface area is 147 Å². The van der Waals surface area contributed by atoms with E-state index in [1.165, 1.54) is 6.42 Å². The molecule has 130 valence electrons. The quantitative estimate of drug-likeness (QED) is 0.876. The van der Waals surface area contributed by atoms with Gasteiger partial charge in [-0.3, -0.25) is 4.79 Å². The minimum absolute atomic E-state index is 0.0459. The van der Waals surface area contributed by atoms with Gasteiger partial charge in [-0.2, -0.15) is 0 Å². The first-order valence-electron chi connectivity index (χ1n) is 8.65. The van der Waals surface area contributed by atoms with Crippen LogP contribution in [0.1, 0.15) is 43.7 Å². The van der Waals surface area contributed by atoms with E-state index in [1.807, 2.05) is 24.3 Å². The zero-order chi connectivity index (χ0) is 17.1. The van der Waals surface area contributed by atoms with E-state index in [9.17, 15) is 9.59 Å². The Morgan fingerprint density at radius 1 is 1.12 bits per heavy atom. The Balaban J connectivity index is 1.63. The third-order valence-corrected chi connectivity index (χ3v) is 5.58. The number of urea groups is 1. The van der Waals surface area contributed by atoms with Crippen LogP contribution in [0.15, 0.2) is 24.3 Å². The highest BCUT2D eigenvalue weighted by Gasteiger charge is 2.33. The molecule has 3 rings (SSSR count). The molecule has 0 aromatic heterocycles. The van der Waals surface area contributed by atoms with Gasteiger partial charge in [-0.25, -0.2) is 4.79 Å². The van der Waals surface area contributed by atoms with E-state index in [-0.39, 0.29) is 17.9 Å². The lowest BCUT2D eigenvalue weighted by molar-refractivity contribution is -0.127. The molecule has 0 bridgehead atoms. The predicted octanol–water partition coefficient (Wildman–Crippen LogP) is 3.09. The van der Waals surface area contributed by atoms with E-state index in [4.69, 9.17) is 17.3 Å². The topological polar surface area (TPSA) is 75.4 Å². The molecule has 5 nitrogen and oxygen atoms in total. The first kappa shape index (κ1) is 17.1. The number of carbonyl (C=O) groups excluding carboxylic acids is 2. The van der Waals surface area contributed by atoms with E-state index in [1.54, 1.807) is 4.90 Å². The molecule has 3 amide bonds. The van der Waals surface area contributed by atoms with E-state index >= 15 is 0 Å². The van der Waals surface area contributed by atoms with Crippen molar-refractivity contribution < 1.29 is 9.59 Å². The van der Waals surface area contributed by atoms with Crippen molar-refractivity contribution in [3.63, 3.8) is 0 Å². The average molecular weight is 350 g/mol. The zero-order valence-electron chi connectivity index (χ0n) is 13.7. The summed E-state index contributed by atoms with van der Waals surface area (Å²) >= 11 is 5.98. The number of nitrogens with one attached hydrogen (secondary N) is 1. The van der Waals surface area contributed by atoms with Crippen molar-refractivity contribution in [2.45, 2.75) is 38.1 Å². The van der Waals surface area contributed by atoms with Gasteiger partial charge in [-0.05, 0) is 49.3 Å². The van der Waals surface area contributed by atoms with Crippen LogP contribution in [0.3, 0.4) is 0 Å². The number of halogens is 1. The minimum atomic E-state index is -0.401. The highest BCUT2D eigenvalue weighted by atomic mass is 35.5. The third-order valence-electron chi connectivity index (χ3n) is 5.33. The van der Waals surface area contributed by atoms with Gasteiger partial charge in [0.2, 0.25) is 5.91 Å². The summed E-state index contributed by atoms with van der Waals surface area (Å²) in [5.41, 5.74) is 6.42. The molecule has 1 heterocycles. The van der Waals surface area contributed by atoms with Gasteiger partial charge in [0.1, 0.15) is 0 Å². The molecule has 1 atom stereocenters. The lowest BCUT2D eigenvalue weighted by Gasteiger charge is -2.36. The summed E-state index contributed by atoms with van der Waals surface area (Å²) in [6.07, 6.45) is 4.86. The van der Waals surface area contributed by atoms with Crippen LogP contribution in [0.2, 0.25) is 5.02 Å². The van der Waals surface area contributed by atoms with Gasteiger partial charge in [-0.15, -0.1) is 0 Å². The first-order valence-corrected chi connectivity index (χ1v) is 9.02. The third kappa shape index (κ3) is 3.83. The highest BCUT2D eigenvalue weighted by molar-refractivity contribution is 6.30. The molecular formula is C18H24ClN3O2. The normalized spacial score (nSPS) is 20.3. The van der Waals surface area contributed by atoms with Crippen molar-refractivity contribution >= 4 is 23.5 Å². The lowest BCUT2D eigenvalue weighted by atomic mass is 9.77. The number of rotatable bonds is 4. The smallest absolute Gasteiger partial charge is 0.314 e. The average Bonchev–Trinajstić information content (AvgIpc) is 2.53. The standard InChI is InChI=1S/C18H24ClN3O2/c19-15-6-4-13(5-7-15)16(12-2-1-3-12)21-17(23)14-8-10-22(11-9-14)18(20)24/h4-7,12,14,16H,1-3,8-11H2,(H2,20,24)(H,21,23)/t16-/m0/s1. The molecule has 1 aliphatic heterocycles. The van der Waals surface area contributed by atoms with E-state index in [2.05, 4.69) is 5.32 Å². The molecule has 0 unspecified atom stereocenters. The van der Waals surface area contributed by atoms with Crippen LogP contribution in [0.25, 0.3) is 0 Å². The molecule has 0 radical (unpaired) electrons. The molecule has 1 saturated carbocycles. The Morgan fingerprint density at radius 3 is 2.25 bits per heavy atom. The summed E-state index contributed by atoms with van der Waals surface area (Å²) in [4.78, 5) is 25.5. The van der Waals surface area contributed by atoms with Crippen molar-refractivity contribution in [2.24, 2.45) is 17.6 Å². The molecule has 1 saturated heterocycles. The number of nitrogens with two attached hydrogens (primary N) is 1. The number of piperidine rings is 1. The van der Waals surface area contributed by atoms with Crippen LogP contribution in [-0.4, -0.2) is 29.9 Å². The van der Waals surface area contributed by atoms with Crippen LogP contribution in [-0.2, 0) is 4.79 Å². The second-order valence-corrected chi connectivity index (χ2v) is 7.26. The number of nitrogens with zero attached hydrogens (tertiary/aromatic N) is 1. The lowest BCUT2D eigenvalue weighted by Crippen LogP contribution is -2.46. The maximum Gasteiger partial charge on any atom is 0.314 e. The fourth-order valence-corrected chi connectivity index (χ4v) is 3.68. The zero-order valence-corrected chi connectivity index (χ0v) is 14.5.